The van der Waals surface area contributed by atoms with Gasteiger partial charge in [0.15, 0.2) is 0 Å². The number of carbonyl (C=O) groups excluding carboxylic acids is 1. The SMILES string of the molecule is O=C(Cn1cccn1)N1CCCC(c2[nH]ncc2CN2CCOCC2)C1. The van der Waals surface area contributed by atoms with E-state index in [4.69, 9.17) is 4.74 Å². The minimum absolute atomic E-state index is 0.132. The number of morpholine rings is 1. The van der Waals surface area contributed by atoms with E-state index < -0.39 is 0 Å². The molecule has 2 aromatic rings. The minimum Gasteiger partial charge on any atom is -0.379 e. The average molecular weight is 358 g/mol. The molecule has 0 saturated carbocycles. The molecule has 0 aliphatic carbocycles. The summed E-state index contributed by atoms with van der Waals surface area (Å²) in [6.07, 6.45) is 7.58. The summed E-state index contributed by atoms with van der Waals surface area (Å²) in [5.74, 6) is 0.455. The normalized spacial score (nSPS) is 21.8. The molecule has 8 nitrogen and oxygen atoms in total. The summed E-state index contributed by atoms with van der Waals surface area (Å²) in [6, 6.07) is 1.84. The van der Waals surface area contributed by atoms with Gasteiger partial charge in [-0.15, -0.1) is 0 Å². The number of H-pyrrole nitrogens is 1. The Morgan fingerprint density at radius 2 is 2.19 bits per heavy atom. The van der Waals surface area contributed by atoms with E-state index in [1.807, 2.05) is 23.4 Å². The van der Waals surface area contributed by atoms with Crippen LogP contribution in [0.5, 0.6) is 0 Å². The van der Waals surface area contributed by atoms with Gasteiger partial charge in [0, 0.05) is 62.3 Å². The number of aromatic nitrogens is 4. The third-order valence-corrected chi connectivity index (χ3v) is 5.29. The van der Waals surface area contributed by atoms with Gasteiger partial charge in [0.05, 0.1) is 19.4 Å². The zero-order chi connectivity index (χ0) is 17.8. The lowest BCUT2D eigenvalue weighted by atomic mass is 9.92. The summed E-state index contributed by atoms with van der Waals surface area (Å²) >= 11 is 0. The largest absolute Gasteiger partial charge is 0.379 e. The Hall–Kier alpha value is -2.19. The molecule has 1 atom stereocenters. The molecule has 0 spiro atoms. The van der Waals surface area contributed by atoms with Gasteiger partial charge in [-0.05, 0) is 18.9 Å². The third kappa shape index (κ3) is 3.96. The number of ether oxygens (including phenoxy) is 1. The van der Waals surface area contributed by atoms with E-state index >= 15 is 0 Å². The molecule has 140 valence electrons. The zero-order valence-electron chi connectivity index (χ0n) is 15.0. The topological polar surface area (TPSA) is 79.3 Å². The smallest absolute Gasteiger partial charge is 0.244 e. The van der Waals surface area contributed by atoms with E-state index in [0.29, 0.717) is 12.5 Å². The number of hydrogen-bond donors (Lipinski definition) is 1. The van der Waals surface area contributed by atoms with Crippen LogP contribution in [0.1, 0.15) is 30.0 Å². The van der Waals surface area contributed by atoms with Gasteiger partial charge in [-0.25, -0.2) is 0 Å². The molecule has 0 radical (unpaired) electrons. The Bertz CT molecular complexity index is 707. The fourth-order valence-corrected chi connectivity index (χ4v) is 3.87. The van der Waals surface area contributed by atoms with E-state index in [9.17, 15) is 4.79 Å². The van der Waals surface area contributed by atoms with Crippen LogP contribution >= 0.6 is 0 Å². The Balaban J connectivity index is 1.40. The summed E-state index contributed by atoms with van der Waals surface area (Å²) in [5, 5.41) is 11.6. The first-order valence-electron chi connectivity index (χ1n) is 9.37. The molecule has 1 N–H and O–H groups in total. The monoisotopic (exact) mass is 358 g/mol. The number of piperidine rings is 1. The maximum Gasteiger partial charge on any atom is 0.244 e. The van der Waals surface area contributed by atoms with Crippen molar-refractivity contribution in [3.63, 3.8) is 0 Å². The van der Waals surface area contributed by atoms with Crippen LogP contribution in [-0.4, -0.2) is 75.1 Å². The van der Waals surface area contributed by atoms with Gasteiger partial charge in [-0.2, -0.15) is 10.2 Å². The number of nitrogens with one attached hydrogen (secondary N) is 1. The van der Waals surface area contributed by atoms with E-state index in [1.54, 1.807) is 10.9 Å². The van der Waals surface area contributed by atoms with Crippen molar-refractivity contribution >= 4 is 5.91 Å². The molecular weight excluding hydrogens is 332 g/mol. The molecule has 2 aromatic heterocycles. The number of hydrogen-bond acceptors (Lipinski definition) is 5. The molecule has 4 rings (SSSR count). The van der Waals surface area contributed by atoms with Crippen molar-refractivity contribution in [2.75, 3.05) is 39.4 Å². The van der Waals surface area contributed by atoms with Crippen molar-refractivity contribution < 1.29 is 9.53 Å². The zero-order valence-corrected chi connectivity index (χ0v) is 15.0. The Morgan fingerprint density at radius 1 is 1.31 bits per heavy atom. The fourth-order valence-electron chi connectivity index (χ4n) is 3.87. The molecule has 0 bridgehead atoms. The first kappa shape index (κ1) is 17.2. The fraction of sp³-hybridized carbons (Fsp3) is 0.611. The van der Waals surface area contributed by atoms with Crippen molar-refractivity contribution in [3.05, 3.63) is 35.9 Å². The highest BCUT2D eigenvalue weighted by atomic mass is 16.5. The summed E-state index contributed by atoms with van der Waals surface area (Å²) in [7, 11) is 0. The van der Waals surface area contributed by atoms with E-state index in [2.05, 4.69) is 20.2 Å². The minimum atomic E-state index is 0.132. The van der Waals surface area contributed by atoms with Crippen LogP contribution in [0.2, 0.25) is 0 Å². The van der Waals surface area contributed by atoms with Crippen LogP contribution in [0.3, 0.4) is 0 Å². The Morgan fingerprint density at radius 3 is 3.00 bits per heavy atom. The lowest BCUT2D eigenvalue weighted by molar-refractivity contribution is -0.133. The van der Waals surface area contributed by atoms with Crippen molar-refractivity contribution in [1.82, 2.24) is 29.8 Å². The van der Waals surface area contributed by atoms with E-state index in [-0.39, 0.29) is 5.91 Å². The van der Waals surface area contributed by atoms with Crippen molar-refractivity contribution in [2.45, 2.75) is 31.8 Å². The lowest BCUT2D eigenvalue weighted by Gasteiger charge is -2.33. The standard InChI is InChI=1S/C18H26N6O2/c25-17(14-24-6-2-4-20-24)23-5-1-3-15(13-23)18-16(11-19-21-18)12-22-7-9-26-10-8-22/h2,4,6,11,15H,1,3,5,7-10,12-14H2,(H,19,21). The number of nitrogens with zero attached hydrogens (tertiary/aromatic N) is 5. The highest BCUT2D eigenvalue weighted by Crippen LogP contribution is 2.28. The second-order valence-corrected chi connectivity index (χ2v) is 7.08. The predicted octanol–water partition coefficient (Wildman–Crippen LogP) is 0.845. The molecule has 2 aliphatic rings. The molecule has 1 amide bonds. The molecule has 8 heteroatoms. The van der Waals surface area contributed by atoms with E-state index in [1.165, 1.54) is 11.3 Å². The molecular formula is C18H26N6O2. The van der Waals surface area contributed by atoms with Gasteiger partial charge >= 0.3 is 0 Å². The maximum absolute atomic E-state index is 12.6. The molecule has 0 aromatic carbocycles. The van der Waals surface area contributed by atoms with Gasteiger partial charge < -0.3 is 9.64 Å². The van der Waals surface area contributed by atoms with Gasteiger partial charge in [0.1, 0.15) is 6.54 Å². The van der Waals surface area contributed by atoms with Crippen LogP contribution in [0.4, 0.5) is 0 Å². The van der Waals surface area contributed by atoms with Crippen molar-refractivity contribution in [1.29, 1.82) is 0 Å². The highest BCUT2D eigenvalue weighted by Gasteiger charge is 2.28. The maximum atomic E-state index is 12.6. The first-order chi connectivity index (χ1) is 12.8. The molecule has 2 fully saturated rings. The van der Waals surface area contributed by atoms with E-state index in [0.717, 1.165) is 58.8 Å². The third-order valence-electron chi connectivity index (χ3n) is 5.29. The number of carbonyl (C=O) groups is 1. The van der Waals surface area contributed by atoms with Gasteiger partial charge in [-0.3, -0.25) is 19.5 Å². The molecule has 26 heavy (non-hydrogen) atoms. The molecule has 2 saturated heterocycles. The van der Waals surface area contributed by atoms with Gasteiger partial charge in [0.25, 0.3) is 0 Å². The number of likely N-dealkylation sites (tertiary alicyclic amines) is 1. The Labute approximate surface area is 153 Å². The summed E-state index contributed by atoms with van der Waals surface area (Å²) in [5.41, 5.74) is 2.44. The Kier molecular flexibility index (Phi) is 5.31. The second-order valence-electron chi connectivity index (χ2n) is 7.08. The number of aromatic amines is 1. The summed E-state index contributed by atoms with van der Waals surface area (Å²) in [6.45, 7) is 6.30. The van der Waals surface area contributed by atoms with Crippen LogP contribution < -0.4 is 0 Å². The summed E-state index contributed by atoms with van der Waals surface area (Å²) in [4.78, 5) is 17.0. The van der Waals surface area contributed by atoms with Gasteiger partial charge in [0.2, 0.25) is 5.91 Å². The van der Waals surface area contributed by atoms with Crippen LogP contribution in [0.25, 0.3) is 0 Å². The second kappa shape index (κ2) is 8.01. The van der Waals surface area contributed by atoms with Crippen molar-refractivity contribution in [2.24, 2.45) is 0 Å². The lowest BCUT2D eigenvalue weighted by Crippen LogP contribution is -2.41. The van der Waals surface area contributed by atoms with Crippen LogP contribution in [0.15, 0.2) is 24.7 Å². The molecule has 2 aliphatic heterocycles. The predicted molar refractivity (Wildman–Crippen MR) is 95.5 cm³/mol. The average Bonchev–Trinajstić information content (AvgIpc) is 3.35. The quantitative estimate of drug-likeness (QED) is 0.857. The van der Waals surface area contributed by atoms with Gasteiger partial charge in [-0.1, -0.05) is 0 Å². The summed E-state index contributed by atoms with van der Waals surface area (Å²) < 4.78 is 7.12. The number of rotatable bonds is 5. The first-order valence-corrected chi connectivity index (χ1v) is 9.37. The number of amides is 1. The van der Waals surface area contributed by atoms with Crippen LogP contribution in [-0.2, 0) is 22.6 Å². The van der Waals surface area contributed by atoms with Crippen molar-refractivity contribution in [3.8, 4) is 0 Å². The highest BCUT2D eigenvalue weighted by molar-refractivity contribution is 5.76. The van der Waals surface area contributed by atoms with Crippen LogP contribution in [0, 0.1) is 0 Å². The molecule has 4 heterocycles. The molecule has 1 unspecified atom stereocenters.